The number of hydrogen-bond acceptors (Lipinski definition) is 6. The van der Waals surface area contributed by atoms with Crippen LogP contribution in [0.4, 0.5) is 19.3 Å². The number of piperazine rings is 1. The van der Waals surface area contributed by atoms with E-state index in [1.807, 2.05) is 17.0 Å². The Bertz CT molecular complexity index is 1650. The van der Waals surface area contributed by atoms with Gasteiger partial charge in [0.25, 0.3) is 0 Å². The molecular formula is C28H27ClF2N6O4. The summed E-state index contributed by atoms with van der Waals surface area (Å²) in [5, 5.41) is 14.4. The fourth-order valence-corrected chi connectivity index (χ4v) is 5.86. The molecule has 214 valence electrons. The molecule has 4 heterocycles. The molecule has 1 amide bonds. The van der Waals surface area contributed by atoms with Crippen molar-refractivity contribution in [1.29, 1.82) is 0 Å². The third kappa shape index (κ3) is 4.96. The van der Waals surface area contributed by atoms with Crippen LogP contribution in [0.2, 0.25) is 5.02 Å². The fourth-order valence-electron chi connectivity index (χ4n) is 5.56. The average molecular weight is 585 g/mol. The number of anilines is 1. The summed E-state index contributed by atoms with van der Waals surface area (Å²) in [6.07, 6.45) is 1.05. The number of halogens is 3. The Morgan fingerprint density at radius 2 is 1.95 bits per heavy atom. The molecule has 2 aromatic carbocycles. The zero-order valence-electron chi connectivity index (χ0n) is 22.1. The van der Waals surface area contributed by atoms with Crippen LogP contribution in [-0.2, 0) is 22.5 Å². The zero-order chi connectivity index (χ0) is 28.8. The summed E-state index contributed by atoms with van der Waals surface area (Å²) in [4.78, 5) is 32.0. The summed E-state index contributed by atoms with van der Waals surface area (Å²) in [6.45, 7) is 3.75. The van der Waals surface area contributed by atoms with E-state index in [1.54, 1.807) is 23.6 Å². The molecule has 0 bridgehead atoms. The first-order chi connectivity index (χ1) is 19.7. The van der Waals surface area contributed by atoms with Crippen molar-refractivity contribution in [3.8, 4) is 11.1 Å². The Morgan fingerprint density at radius 1 is 1.17 bits per heavy atom. The minimum Gasteiger partial charge on any atom is -0.465 e. The number of hydrogen-bond donors (Lipinski definition) is 1. The SMILES string of the molecule is CCOC(=O)C(c1ncn2c1CC(F)C2)n1cc2c(F)cc(-c3ccc(N4CCN(C(=O)O)CC4)c(Cl)c3)cc2n1. The number of aromatic nitrogens is 4. The van der Waals surface area contributed by atoms with E-state index in [-0.39, 0.29) is 25.0 Å². The Hall–Kier alpha value is -4.19. The van der Waals surface area contributed by atoms with Crippen LogP contribution < -0.4 is 4.90 Å². The molecular weight excluding hydrogens is 558 g/mol. The topological polar surface area (TPSA) is 106 Å². The average Bonchev–Trinajstić information content (AvgIpc) is 3.64. The molecule has 13 heteroatoms. The van der Waals surface area contributed by atoms with Crippen molar-refractivity contribution in [3.05, 3.63) is 65.1 Å². The number of fused-ring (bicyclic) bond motifs is 2. The smallest absolute Gasteiger partial charge is 0.407 e. The van der Waals surface area contributed by atoms with Gasteiger partial charge in [-0.15, -0.1) is 0 Å². The van der Waals surface area contributed by atoms with Crippen LogP contribution in [0.3, 0.4) is 0 Å². The van der Waals surface area contributed by atoms with Crippen LogP contribution >= 0.6 is 11.6 Å². The fraction of sp³-hybridized carbons (Fsp3) is 0.357. The third-order valence-corrected chi connectivity index (χ3v) is 7.89. The second-order valence-electron chi connectivity index (χ2n) is 10.1. The van der Waals surface area contributed by atoms with E-state index in [4.69, 9.17) is 16.3 Å². The quantitative estimate of drug-likeness (QED) is 0.332. The molecule has 0 spiro atoms. The maximum Gasteiger partial charge on any atom is 0.407 e. The highest BCUT2D eigenvalue weighted by atomic mass is 35.5. The molecule has 4 aromatic rings. The Kier molecular flexibility index (Phi) is 7.02. The Morgan fingerprint density at radius 3 is 2.66 bits per heavy atom. The molecule has 1 fully saturated rings. The van der Waals surface area contributed by atoms with Gasteiger partial charge in [0.15, 0.2) is 6.04 Å². The lowest BCUT2D eigenvalue weighted by atomic mass is 10.0. The van der Waals surface area contributed by atoms with Gasteiger partial charge in [-0.1, -0.05) is 17.7 Å². The number of carboxylic acid groups (broad SMARTS) is 1. The van der Waals surface area contributed by atoms with Crippen molar-refractivity contribution in [2.45, 2.75) is 32.1 Å². The molecule has 2 aromatic heterocycles. The van der Waals surface area contributed by atoms with Crippen molar-refractivity contribution >= 4 is 40.3 Å². The van der Waals surface area contributed by atoms with E-state index in [1.165, 1.54) is 28.2 Å². The summed E-state index contributed by atoms with van der Waals surface area (Å²) in [5.41, 5.74) is 3.23. The van der Waals surface area contributed by atoms with Gasteiger partial charge < -0.3 is 24.2 Å². The van der Waals surface area contributed by atoms with Gasteiger partial charge in [0.2, 0.25) is 0 Å². The first kappa shape index (κ1) is 27.0. The predicted molar refractivity (Wildman–Crippen MR) is 148 cm³/mol. The number of amides is 1. The second-order valence-corrected chi connectivity index (χ2v) is 10.5. The van der Waals surface area contributed by atoms with Gasteiger partial charge in [-0.25, -0.2) is 23.4 Å². The van der Waals surface area contributed by atoms with Crippen molar-refractivity contribution < 1.29 is 28.2 Å². The minimum atomic E-state index is -1.10. The number of nitrogens with zero attached hydrogens (tertiary/aromatic N) is 6. The highest BCUT2D eigenvalue weighted by Gasteiger charge is 2.35. The summed E-state index contributed by atoms with van der Waals surface area (Å²) in [6, 6.07) is 7.40. The van der Waals surface area contributed by atoms with E-state index >= 15 is 4.39 Å². The molecule has 2 aliphatic heterocycles. The second kappa shape index (κ2) is 10.7. The number of ether oxygens (including phenoxy) is 1. The molecule has 0 saturated carbocycles. The third-order valence-electron chi connectivity index (χ3n) is 7.59. The van der Waals surface area contributed by atoms with E-state index in [0.29, 0.717) is 59.2 Å². The molecule has 0 aliphatic carbocycles. The summed E-state index contributed by atoms with van der Waals surface area (Å²) in [7, 11) is 0. The van der Waals surface area contributed by atoms with Crippen molar-refractivity contribution in [2.24, 2.45) is 0 Å². The summed E-state index contributed by atoms with van der Waals surface area (Å²) < 4.78 is 37.8. The zero-order valence-corrected chi connectivity index (χ0v) is 22.9. The van der Waals surface area contributed by atoms with Crippen molar-refractivity contribution in [1.82, 2.24) is 24.2 Å². The molecule has 1 saturated heterocycles. The van der Waals surface area contributed by atoms with E-state index < -0.39 is 30.1 Å². The van der Waals surface area contributed by atoms with Gasteiger partial charge in [0, 0.05) is 44.5 Å². The van der Waals surface area contributed by atoms with Crippen LogP contribution in [0.25, 0.3) is 22.0 Å². The Balaban J connectivity index is 1.32. The molecule has 2 atom stereocenters. The normalized spacial score (nSPS) is 17.6. The minimum absolute atomic E-state index is 0.122. The number of rotatable bonds is 6. The van der Waals surface area contributed by atoms with E-state index in [0.717, 1.165) is 5.69 Å². The van der Waals surface area contributed by atoms with Gasteiger partial charge in [-0.3, -0.25) is 4.68 Å². The van der Waals surface area contributed by atoms with Gasteiger partial charge in [0.05, 0.1) is 46.8 Å². The highest BCUT2D eigenvalue weighted by Crippen LogP contribution is 2.35. The monoisotopic (exact) mass is 584 g/mol. The van der Waals surface area contributed by atoms with Crippen molar-refractivity contribution in [3.63, 3.8) is 0 Å². The maximum absolute atomic E-state index is 15.4. The van der Waals surface area contributed by atoms with E-state index in [9.17, 15) is 19.1 Å². The first-order valence-corrected chi connectivity index (χ1v) is 13.7. The molecule has 41 heavy (non-hydrogen) atoms. The number of carbonyl (C=O) groups is 2. The van der Waals surface area contributed by atoms with Crippen LogP contribution in [0.1, 0.15) is 24.4 Å². The lowest BCUT2D eigenvalue weighted by molar-refractivity contribution is -0.146. The number of imidazole rings is 1. The molecule has 1 N–H and O–H groups in total. The maximum atomic E-state index is 15.4. The summed E-state index contributed by atoms with van der Waals surface area (Å²) in [5.74, 6) is -1.15. The molecule has 10 nitrogen and oxygen atoms in total. The van der Waals surface area contributed by atoms with Gasteiger partial charge in [-0.05, 0) is 42.3 Å². The van der Waals surface area contributed by atoms with Gasteiger partial charge in [-0.2, -0.15) is 5.10 Å². The standard InChI is InChI=1S/C28H27ClF2N6O4/c1-2-41-27(38)26(25-24-12-18(30)13-36(24)15-32-25)37-14-19-21(31)10-17(11-22(19)33-37)16-3-4-23(20(29)9-16)34-5-7-35(8-6-34)28(39)40/h3-4,9-11,14-15,18,26H,2,5-8,12-13H2,1H3,(H,39,40). The molecule has 2 aliphatic rings. The van der Waals surface area contributed by atoms with Crippen LogP contribution in [0.5, 0.6) is 0 Å². The first-order valence-electron chi connectivity index (χ1n) is 13.3. The largest absolute Gasteiger partial charge is 0.465 e. The lowest BCUT2D eigenvalue weighted by Gasteiger charge is -2.35. The predicted octanol–water partition coefficient (Wildman–Crippen LogP) is 4.54. The van der Waals surface area contributed by atoms with Gasteiger partial charge in [0.1, 0.15) is 12.0 Å². The number of esters is 1. The van der Waals surface area contributed by atoms with Crippen molar-refractivity contribution in [2.75, 3.05) is 37.7 Å². The molecule has 0 radical (unpaired) electrons. The van der Waals surface area contributed by atoms with Crippen LogP contribution in [-0.4, -0.2) is 80.4 Å². The van der Waals surface area contributed by atoms with Crippen LogP contribution in [0.15, 0.2) is 42.9 Å². The summed E-state index contributed by atoms with van der Waals surface area (Å²) >= 11 is 6.62. The number of carbonyl (C=O) groups excluding carboxylic acids is 1. The number of alkyl halides is 1. The lowest BCUT2D eigenvalue weighted by Crippen LogP contribution is -2.48. The molecule has 6 rings (SSSR count). The molecule has 2 unspecified atom stereocenters. The highest BCUT2D eigenvalue weighted by molar-refractivity contribution is 6.33. The van der Waals surface area contributed by atoms with Crippen LogP contribution in [0, 0.1) is 5.82 Å². The number of benzene rings is 2. The van der Waals surface area contributed by atoms with Gasteiger partial charge >= 0.3 is 12.1 Å². The Labute approximate surface area is 238 Å². The van der Waals surface area contributed by atoms with E-state index in [2.05, 4.69) is 10.1 Å².